The summed E-state index contributed by atoms with van der Waals surface area (Å²) in [5.41, 5.74) is 10.6. The second kappa shape index (κ2) is 8.27. The van der Waals surface area contributed by atoms with Crippen LogP contribution in [0.2, 0.25) is 0 Å². The number of anilines is 1. The second-order valence-corrected chi connectivity index (χ2v) is 7.16. The smallest absolute Gasteiger partial charge is 0.311 e. The van der Waals surface area contributed by atoms with Crippen molar-refractivity contribution in [3.05, 3.63) is 87.5 Å². The molecule has 2 N–H and O–H groups in total. The predicted molar refractivity (Wildman–Crippen MR) is 116 cm³/mol. The molecule has 0 unspecified atom stereocenters. The first-order valence-corrected chi connectivity index (χ1v) is 9.58. The van der Waals surface area contributed by atoms with Crippen molar-refractivity contribution in [1.29, 1.82) is 0 Å². The fraction of sp³-hybridized carbons (Fsp3) is 0.130. The molecular formula is C23H20N4O4. The molecule has 1 aromatic heterocycles. The first kappa shape index (κ1) is 20.1. The molecule has 0 amide bonds. The highest BCUT2D eigenvalue weighted by Crippen LogP contribution is 2.30. The topological polar surface area (TPSA) is 117 Å². The number of rotatable bonds is 6. The molecule has 4 aromatic rings. The summed E-state index contributed by atoms with van der Waals surface area (Å²) < 4.78 is 11.2. The van der Waals surface area contributed by atoms with E-state index >= 15 is 0 Å². The third-order valence-electron chi connectivity index (χ3n) is 4.92. The van der Waals surface area contributed by atoms with Crippen LogP contribution in [0.25, 0.3) is 22.8 Å². The van der Waals surface area contributed by atoms with Crippen molar-refractivity contribution < 1.29 is 14.2 Å². The fourth-order valence-electron chi connectivity index (χ4n) is 3.19. The lowest BCUT2D eigenvalue weighted by atomic mass is 10.1. The van der Waals surface area contributed by atoms with E-state index in [1.807, 2.05) is 49.4 Å². The van der Waals surface area contributed by atoms with Gasteiger partial charge in [0.1, 0.15) is 6.61 Å². The van der Waals surface area contributed by atoms with Crippen LogP contribution in [0.15, 0.2) is 65.2 Å². The highest BCUT2D eigenvalue weighted by Gasteiger charge is 2.16. The third kappa shape index (κ3) is 4.23. The van der Waals surface area contributed by atoms with Gasteiger partial charge in [-0.15, -0.1) is 0 Å². The van der Waals surface area contributed by atoms with Crippen molar-refractivity contribution in [3.8, 4) is 28.6 Å². The van der Waals surface area contributed by atoms with Crippen molar-refractivity contribution in [2.24, 2.45) is 0 Å². The summed E-state index contributed by atoms with van der Waals surface area (Å²) in [5, 5.41) is 15.4. The molecule has 8 nitrogen and oxygen atoms in total. The third-order valence-corrected chi connectivity index (χ3v) is 4.92. The molecular weight excluding hydrogens is 396 g/mol. The Hall–Kier alpha value is -4.20. The molecule has 0 aliphatic rings. The molecule has 0 saturated carbocycles. The highest BCUT2D eigenvalue weighted by molar-refractivity contribution is 5.69. The number of aromatic nitrogens is 2. The lowest BCUT2D eigenvalue weighted by Gasteiger charge is -2.08. The molecule has 31 heavy (non-hydrogen) atoms. The monoisotopic (exact) mass is 416 g/mol. The van der Waals surface area contributed by atoms with Crippen molar-refractivity contribution in [2.75, 3.05) is 5.73 Å². The standard InChI is InChI=1S/C23H20N4O4/c1-14-9-10-21(20(11-14)27(28)29)30-13-16-5-3-6-17(12-16)23-25-22(26-31-23)18-7-4-8-19(24)15(18)2/h3-12H,13,24H2,1-2H3. The van der Waals surface area contributed by atoms with Gasteiger partial charge in [0.25, 0.3) is 5.89 Å². The number of aryl methyl sites for hydroxylation is 1. The van der Waals surface area contributed by atoms with Crippen molar-refractivity contribution in [3.63, 3.8) is 0 Å². The SMILES string of the molecule is Cc1ccc(OCc2cccc(-c3nc(-c4cccc(N)c4C)no3)c2)c([N+](=O)[O-])c1. The number of nitrogens with zero attached hydrogens (tertiary/aromatic N) is 3. The van der Waals surface area contributed by atoms with Crippen LogP contribution in [0.3, 0.4) is 0 Å². The largest absolute Gasteiger partial charge is 0.482 e. The first-order chi connectivity index (χ1) is 14.9. The lowest BCUT2D eigenvalue weighted by Crippen LogP contribution is -1.99. The van der Waals surface area contributed by atoms with Crippen molar-refractivity contribution >= 4 is 11.4 Å². The molecule has 8 heteroatoms. The number of nitrogen functional groups attached to an aromatic ring is 1. The number of hydrogen-bond donors (Lipinski definition) is 1. The van der Waals surface area contributed by atoms with Gasteiger partial charge in [0.05, 0.1) is 4.92 Å². The summed E-state index contributed by atoms with van der Waals surface area (Å²) in [7, 11) is 0. The van der Waals surface area contributed by atoms with Crippen LogP contribution in [0.4, 0.5) is 11.4 Å². The van der Waals surface area contributed by atoms with E-state index in [-0.39, 0.29) is 18.0 Å². The molecule has 0 spiro atoms. The van der Waals surface area contributed by atoms with Gasteiger partial charge >= 0.3 is 5.69 Å². The molecule has 0 radical (unpaired) electrons. The second-order valence-electron chi connectivity index (χ2n) is 7.16. The Kier molecular flexibility index (Phi) is 5.36. The van der Waals surface area contributed by atoms with E-state index in [4.69, 9.17) is 15.0 Å². The van der Waals surface area contributed by atoms with Gasteiger partial charge in [0.15, 0.2) is 5.75 Å². The Bertz CT molecular complexity index is 1270. The zero-order valence-electron chi connectivity index (χ0n) is 17.0. The maximum Gasteiger partial charge on any atom is 0.311 e. The number of nitro groups is 1. The normalized spacial score (nSPS) is 10.8. The summed E-state index contributed by atoms with van der Waals surface area (Å²) in [4.78, 5) is 15.3. The lowest BCUT2D eigenvalue weighted by molar-refractivity contribution is -0.386. The van der Waals surface area contributed by atoms with E-state index in [9.17, 15) is 10.1 Å². The fourth-order valence-corrected chi connectivity index (χ4v) is 3.19. The van der Waals surface area contributed by atoms with E-state index in [0.29, 0.717) is 17.4 Å². The van der Waals surface area contributed by atoms with Crippen LogP contribution in [-0.2, 0) is 6.61 Å². The van der Waals surface area contributed by atoms with E-state index in [0.717, 1.165) is 27.8 Å². The molecule has 0 aliphatic heterocycles. The maximum atomic E-state index is 11.3. The van der Waals surface area contributed by atoms with Gasteiger partial charge in [-0.25, -0.2) is 0 Å². The minimum absolute atomic E-state index is 0.0600. The molecule has 0 atom stereocenters. The predicted octanol–water partition coefficient (Wildman–Crippen LogP) is 5.09. The Morgan fingerprint density at radius 2 is 1.90 bits per heavy atom. The number of nitrogens with two attached hydrogens (primary N) is 1. The van der Waals surface area contributed by atoms with Gasteiger partial charge in [-0.2, -0.15) is 4.98 Å². The van der Waals surface area contributed by atoms with Crippen LogP contribution < -0.4 is 10.5 Å². The highest BCUT2D eigenvalue weighted by atomic mass is 16.6. The van der Waals surface area contributed by atoms with E-state index in [1.54, 1.807) is 19.1 Å². The van der Waals surface area contributed by atoms with E-state index < -0.39 is 4.92 Å². The Morgan fingerprint density at radius 3 is 2.71 bits per heavy atom. The van der Waals surface area contributed by atoms with Crippen LogP contribution in [0, 0.1) is 24.0 Å². The van der Waals surface area contributed by atoms with E-state index in [2.05, 4.69) is 10.1 Å². The maximum absolute atomic E-state index is 11.3. The van der Waals surface area contributed by atoms with Gasteiger partial charge in [-0.05, 0) is 54.8 Å². The first-order valence-electron chi connectivity index (χ1n) is 9.58. The summed E-state index contributed by atoms with van der Waals surface area (Å²) in [6.07, 6.45) is 0. The Morgan fingerprint density at radius 1 is 1.10 bits per heavy atom. The zero-order chi connectivity index (χ0) is 22.0. The van der Waals surface area contributed by atoms with E-state index in [1.165, 1.54) is 6.07 Å². The van der Waals surface area contributed by atoms with Crippen LogP contribution in [0.1, 0.15) is 16.7 Å². The Labute approximate surface area is 178 Å². The van der Waals surface area contributed by atoms with Gasteiger partial charge in [0, 0.05) is 22.9 Å². The average Bonchev–Trinajstić information content (AvgIpc) is 3.25. The average molecular weight is 416 g/mol. The number of ether oxygens (including phenoxy) is 1. The van der Waals surface area contributed by atoms with Crippen LogP contribution >= 0.6 is 0 Å². The molecule has 3 aromatic carbocycles. The minimum atomic E-state index is -0.447. The molecule has 0 fully saturated rings. The number of nitro benzene ring substituents is 1. The van der Waals surface area contributed by atoms with Gasteiger partial charge < -0.3 is 15.0 Å². The van der Waals surface area contributed by atoms with Crippen LogP contribution in [-0.4, -0.2) is 15.1 Å². The molecule has 0 bridgehead atoms. The zero-order valence-corrected chi connectivity index (χ0v) is 17.0. The summed E-state index contributed by atoms with van der Waals surface area (Å²) in [6.45, 7) is 3.86. The van der Waals surface area contributed by atoms with Crippen LogP contribution in [0.5, 0.6) is 5.75 Å². The molecule has 0 aliphatic carbocycles. The summed E-state index contributed by atoms with van der Waals surface area (Å²) in [6, 6.07) is 17.8. The molecule has 0 saturated heterocycles. The summed E-state index contributed by atoms with van der Waals surface area (Å²) >= 11 is 0. The molecule has 156 valence electrons. The van der Waals surface area contributed by atoms with Gasteiger partial charge in [-0.3, -0.25) is 10.1 Å². The Balaban J connectivity index is 1.55. The number of hydrogen-bond acceptors (Lipinski definition) is 7. The molecule has 4 rings (SSSR count). The van der Waals surface area contributed by atoms with Crippen molar-refractivity contribution in [1.82, 2.24) is 10.1 Å². The minimum Gasteiger partial charge on any atom is -0.482 e. The molecule has 1 heterocycles. The number of benzene rings is 3. The van der Waals surface area contributed by atoms with Gasteiger partial charge in [0.2, 0.25) is 5.82 Å². The van der Waals surface area contributed by atoms with Crippen molar-refractivity contribution in [2.45, 2.75) is 20.5 Å². The van der Waals surface area contributed by atoms with Gasteiger partial charge in [-0.1, -0.05) is 35.5 Å². The quantitative estimate of drug-likeness (QED) is 0.264. The summed E-state index contributed by atoms with van der Waals surface area (Å²) in [5.74, 6) is 1.04.